The maximum atomic E-state index is 13.7. The molecule has 0 aromatic heterocycles. The van der Waals surface area contributed by atoms with Crippen molar-refractivity contribution < 1.29 is 4.39 Å². The predicted molar refractivity (Wildman–Crippen MR) is 76.6 cm³/mol. The van der Waals surface area contributed by atoms with Gasteiger partial charge in [0.15, 0.2) is 0 Å². The molecule has 20 heavy (non-hydrogen) atoms. The molecule has 0 saturated heterocycles. The van der Waals surface area contributed by atoms with Crippen LogP contribution in [0.15, 0.2) is 48.5 Å². The van der Waals surface area contributed by atoms with Crippen molar-refractivity contribution in [1.82, 2.24) is 0 Å². The Kier molecular flexibility index (Phi) is 3.39. The minimum absolute atomic E-state index is 0.0917. The third-order valence-electron chi connectivity index (χ3n) is 3.69. The van der Waals surface area contributed by atoms with Crippen molar-refractivity contribution in [1.29, 1.82) is 5.26 Å². The molecule has 1 unspecified atom stereocenters. The molecule has 0 aliphatic heterocycles. The molecule has 0 radical (unpaired) electrons. The molecule has 2 aromatic rings. The summed E-state index contributed by atoms with van der Waals surface area (Å²) in [6, 6.07) is 16.9. The van der Waals surface area contributed by atoms with E-state index in [0.717, 1.165) is 0 Å². The summed E-state index contributed by atoms with van der Waals surface area (Å²) in [7, 11) is 0. The fraction of sp³-hybridized carbons (Fsp3) is 0.235. The zero-order valence-corrected chi connectivity index (χ0v) is 11.0. The maximum Gasteiger partial charge on any atom is 0.143 e. The third kappa shape index (κ3) is 2.50. The van der Waals surface area contributed by atoms with Gasteiger partial charge in [0.2, 0.25) is 0 Å². The molecule has 3 rings (SSSR count). The van der Waals surface area contributed by atoms with Gasteiger partial charge in [-0.15, -0.1) is 0 Å². The van der Waals surface area contributed by atoms with Gasteiger partial charge in [-0.1, -0.05) is 36.4 Å². The molecule has 1 N–H and O–H groups in total. The van der Waals surface area contributed by atoms with Gasteiger partial charge in [0, 0.05) is 0 Å². The molecule has 2 aromatic carbocycles. The minimum Gasteiger partial charge on any atom is -0.377 e. The minimum atomic E-state index is -0.472. The molecule has 1 aliphatic rings. The van der Waals surface area contributed by atoms with Crippen LogP contribution < -0.4 is 5.32 Å². The lowest BCUT2D eigenvalue weighted by Gasteiger charge is -2.21. The lowest BCUT2D eigenvalue weighted by molar-refractivity contribution is 0.622. The first-order valence-electron chi connectivity index (χ1n) is 6.79. The first kappa shape index (κ1) is 12.7. The largest absolute Gasteiger partial charge is 0.377 e. The van der Waals surface area contributed by atoms with Gasteiger partial charge >= 0.3 is 0 Å². The molecule has 0 spiro atoms. The Morgan fingerprint density at radius 2 is 1.85 bits per heavy atom. The molecule has 0 heterocycles. The highest BCUT2D eigenvalue weighted by atomic mass is 19.1. The number of anilines is 1. The first-order valence-corrected chi connectivity index (χ1v) is 6.79. The first-order chi connectivity index (χ1) is 9.79. The van der Waals surface area contributed by atoms with Gasteiger partial charge in [0.25, 0.3) is 0 Å². The van der Waals surface area contributed by atoms with E-state index in [9.17, 15) is 4.39 Å². The van der Waals surface area contributed by atoms with Gasteiger partial charge in [-0.05, 0) is 36.5 Å². The highest BCUT2D eigenvalue weighted by Crippen LogP contribution is 2.43. The summed E-state index contributed by atoms with van der Waals surface area (Å²) in [6.07, 6.45) is 2.34. The Morgan fingerprint density at radius 3 is 2.50 bits per heavy atom. The summed E-state index contributed by atoms with van der Waals surface area (Å²) < 4.78 is 13.7. The van der Waals surface area contributed by atoms with Crippen LogP contribution in [0.1, 0.15) is 30.0 Å². The summed E-state index contributed by atoms with van der Waals surface area (Å²) in [5.74, 6) is 0.0901. The molecule has 3 heteroatoms. The van der Waals surface area contributed by atoms with E-state index < -0.39 is 5.82 Å². The Balaban J connectivity index is 1.92. The fourth-order valence-corrected chi connectivity index (χ4v) is 2.49. The Bertz CT molecular complexity index is 642. The van der Waals surface area contributed by atoms with Crippen LogP contribution in [0.3, 0.4) is 0 Å². The zero-order chi connectivity index (χ0) is 13.9. The number of nitrogens with one attached hydrogen (secondary N) is 1. The van der Waals surface area contributed by atoms with Crippen molar-refractivity contribution in [2.24, 2.45) is 5.92 Å². The summed E-state index contributed by atoms with van der Waals surface area (Å²) in [6.45, 7) is 0. The van der Waals surface area contributed by atoms with E-state index in [4.69, 9.17) is 5.26 Å². The summed E-state index contributed by atoms with van der Waals surface area (Å²) >= 11 is 0. The van der Waals surface area contributed by atoms with Gasteiger partial charge < -0.3 is 5.32 Å². The van der Waals surface area contributed by atoms with Crippen LogP contribution in [0.2, 0.25) is 0 Å². The third-order valence-corrected chi connectivity index (χ3v) is 3.69. The normalized spacial score (nSPS) is 15.4. The van der Waals surface area contributed by atoms with Gasteiger partial charge in [-0.25, -0.2) is 4.39 Å². The van der Waals surface area contributed by atoms with E-state index in [1.807, 2.05) is 24.3 Å². The molecule has 1 aliphatic carbocycles. The molecule has 1 saturated carbocycles. The second-order valence-electron chi connectivity index (χ2n) is 5.14. The van der Waals surface area contributed by atoms with E-state index in [1.54, 1.807) is 12.1 Å². The van der Waals surface area contributed by atoms with Gasteiger partial charge in [-0.2, -0.15) is 5.26 Å². The lowest BCUT2D eigenvalue weighted by atomic mass is 10.0. The topological polar surface area (TPSA) is 35.8 Å². The number of benzene rings is 2. The number of rotatable bonds is 4. The predicted octanol–water partition coefficient (Wildman–Crippen LogP) is 4.26. The molecule has 0 amide bonds. The summed E-state index contributed by atoms with van der Waals surface area (Å²) in [5, 5.41) is 12.5. The Hall–Kier alpha value is -2.34. The van der Waals surface area contributed by atoms with Crippen molar-refractivity contribution in [3.63, 3.8) is 0 Å². The van der Waals surface area contributed by atoms with Crippen LogP contribution in [0, 0.1) is 23.1 Å². The standard InChI is InChI=1S/C17H15FN2/c18-15-7-4-8-16(14(15)11-19)20-17(13-9-10-13)12-5-2-1-3-6-12/h1-8,13,17,20H,9-10H2. The van der Waals surface area contributed by atoms with Crippen molar-refractivity contribution >= 4 is 5.69 Å². The fourth-order valence-electron chi connectivity index (χ4n) is 2.49. The van der Waals surface area contributed by atoms with E-state index in [-0.39, 0.29) is 11.6 Å². The summed E-state index contributed by atoms with van der Waals surface area (Å²) in [5.41, 5.74) is 1.85. The molecular formula is C17H15FN2. The molecule has 1 atom stereocenters. The van der Waals surface area contributed by atoms with Crippen LogP contribution in [0.25, 0.3) is 0 Å². The van der Waals surface area contributed by atoms with Crippen molar-refractivity contribution in [3.05, 3.63) is 65.5 Å². The number of halogens is 1. The van der Waals surface area contributed by atoms with E-state index in [2.05, 4.69) is 17.4 Å². The van der Waals surface area contributed by atoms with Crippen LogP contribution >= 0.6 is 0 Å². The van der Waals surface area contributed by atoms with Crippen LogP contribution in [0.5, 0.6) is 0 Å². The van der Waals surface area contributed by atoms with E-state index >= 15 is 0 Å². The number of hydrogen-bond donors (Lipinski definition) is 1. The molecule has 0 bridgehead atoms. The average Bonchev–Trinajstić information content (AvgIpc) is 3.30. The van der Waals surface area contributed by atoms with Gasteiger partial charge in [-0.3, -0.25) is 0 Å². The second-order valence-corrected chi connectivity index (χ2v) is 5.14. The van der Waals surface area contributed by atoms with Gasteiger partial charge in [0.05, 0.1) is 11.7 Å². The molecular weight excluding hydrogens is 251 g/mol. The number of nitrogens with zero attached hydrogens (tertiary/aromatic N) is 1. The highest BCUT2D eigenvalue weighted by molar-refractivity contribution is 5.59. The smallest absolute Gasteiger partial charge is 0.143 e. The van der Waals surface area contributed by atoms with Crippen LogP contribution in [0.4, 0.5) is 10.1 Å². The van der Waals surface area contributed by atoms with Crippen molar-refractivity contribution in [2.75, 3.05) is 5.32 Å². The number of hydrogen-bond acceptors (Lipinski definition) is 2. The van der Waals surface area contributed by atoms with Crippen LogP contribution in [-0.4, -0.2) is 0 Å². The maximum absolute atomic E-state index is 13.7. The van der Waals surface area contributed by atoms with Crippen molar-refractivity contribution in [3.8, 4) is 6.07 Å². The highest BCUT2D eigenvalue weighted by Gasteiger charge is 2.32. The molecule has 1 fully saturated rings. The summed E-state index contributed by atoms with van der Waals surface area (Å²) in [4.78, 5) is 0. The monoisotopic (exact) mass is 266 g/mol. The second kappa shape index (κ2) is 5.34. The quantitative estimate of drug-likeness (QED) is 0.897. The van der Waals surface area contributed by atoms with E-state index in [1.165, 1.54) is 24.5 Å². The van der Waals surface area contributed by atoms with Crippen LogP contribution in [-0.2, 0) is 0 Å². The van der Waals surface area contributed by atoms with Crippen molar-refractivity contribution in [2.45, 2.75) is 18.9 Å². The Labute approximate surface area is 117 Å². The molecule has 100 valence electrons. The zero-order valence-electron chi connectivity index (χ0n) is 11.0. The Morgan fingerprint density at radius 1 is 1.10 bits per heavy atom. The van der Waals surface area contributed by atoms with E-state index in [0.29, 0.717) is 11.6 Å². The number of nitriles is 1. The SMILES string of the molecule is N#Cc1c(F)cccc1NC(c1ccccc1)C1CC1. The lowest BCUT2D eigenvalue weighted by Crippen LogP contribution is -2.14. The molecule has 2 nitrogen and oxygen atoms in total. The van der Waals surface area contributed by atoms with Gasteiger partial charge in [0.1, 0.15) is 17.4 Å². The average molecular weight is 266 g/mol.